The van der Waals surface area contributed by atoms with Crippen molar-refractivity contribution in [3.63, 3.8) is 0 Å². The fraction of sp³-hybridized carbons (Fsp3) is 0.267. The summed E-state index contributed by atoms with van der Waals surface area (Å²) in [6, 6.07) is 2.02. The fourth-order valence-corrected chi connectivity index (χ4v) is 1.59. The molecule has 1 aromatic heterocycles. The molecule has 0 aliphatic rings. The molecule has 18 heavy (non-hydrogen) atoms. The molecule has 0 amide bonds. The van der Waals surface area contributed by atoms with Gasteiger partial charge in [0.15, 0.2) is 0 Å². The highest BCUT2D eigenvalue weighted by Gasteiger charge is 1.94. The van der Waals surface area contributed by atoms with Crippen molar-refractivity contribution in [3.8, 4) is 0 Å². The molecule has 1 rings (SSSR count). The highest BCUT2D eigenvalue weighted by Crippen LogP contribution is 2.04. The van der Waals surface area contributed by atoms with Crippen LogP contribution in [-0.4, -0.2) is 12.0 Å². The molecule has 0 aliphatic carbocycles. The average Bonchev–Trinajstić information content (AvgIpc) is 2.43. The van der Waals surface area contributed by atoms with Crippen LogP contribution in [0.25, 0.3) is 12.2 Å². The molecular formula is C15H20N2O. The topological polar surface area (TPSA) is 34.1 Å². The van der Waals surface area contributed by atoms with Crippen molar-refractivity contribution >= 4 is 18.0 Å². The maximum absolute atomic E-state index is 5.30. The summed E-state index contributed by atoms with van der Waals surface area (Å²) in [5, 5.41) is 5.29. The van der Waals surface area contributed by atoms with Gasteiger partial charge in [-0.15, -0.1) is 0 Å². The van der Waals surface area contributed by atoms with Crippen LogP contribution in [0.3, 0.4) is 0 Å². The Hall–Kier alpha value is -2.03. The second-order valence-electron chi connectivity index (χ2n) is 3.68. The molecule has 0 saturated heterocycles. The molecule has 0 saturated carbocycles. The lowest BCUT2D eigenvalue weighted by Gasteiger charge is -2.02. The molecule has 0 radical (unpaired) electrons. The lowest BCUT2D eigenvalue weighted by atomic mass is 10.2. The van der Waals surface area contributed by atoms with Crippen LogP contribution in [0.4, 0.5) is 5.82 Å². The van der Waals surface area contributed by atoms with Crippen molar-refractivity contribution in [2.45, 2.75) is 20.3 Å². The second-order valence-corrected chi connectivity index (χ2v) is 3.68. The van der Waals surface area contributed by atoms with Crippen LogP contribution in [0.2, 0.25) is 0 Å². The summed E-state index contributed by atoms with van der Waals surface area (Å²) >= 11 is 0. The number of nitrogens with one attached hydrogen (secondary N) is 1. The number of hydrogen-bond donors (Lipinski definition) is 1. The van der Waals surface area contributed by atoms with Crippen LogP contribution in [-0.2, 0) is 4.74 Å². The lowest BCUT2D eigenvalue weighted by Crippen LogP contribution is -2.25. The standard InChI is InChI=1S/C15H20N2O/c1-5-12-11-17-15(16-4)10-13(12)8-9-14(6-2)18-7-3/h5-8,10-11,16H,3,9H2,1-2,4H3/b12-5-,13-8-,14-6-. The third-order valence-electron chi connectivity index (χ3n) is 2.62. The van der Waals surface area contributed by atoms with Gasteiger partial charge < -0.3 is 10.1 Å². The number of rotatable bonds is 5. The van der Waals surface area contributed by atoms with E-state index in [1.165, 1.54) is 6.26 Å². The zero-order valence-corrected chi connectivity index (χ0v) is 11.2. The first-order chi connectivity index (χ1) is 8.74. The van der Waals surface area contributed by atoms with Crippen molar-refractivity contribution in [1.29, 1.82) is 0 Å². The largest absolute Gasteiger partial charge is 0.470 e. The zero-order valence-electron chi connectivity index (χ0n) is 11.2. The summed E-state index contributed by atoms with van der Waals surface area (Å²) in [5.74, 6) is 1.74. The number of anilines is 1. The summed E-state index contributed by atoms with van der Waals surface area (Å²) in [7, 11) is 1.86. The van der Waals surface area contributed by atoms with Crippen LogP contribution in [0, 0.1) is 0 Å². The van der Waals surface area contributed by atoms with Gasteiger partial charge in [-0.2, -0.15) is 0 Å². The molecule has 96 valence electrons. The number of aromatic nitrogens is 1. The third-order valence-corrected chi connectivity index (χ3v) is 2.62. The first-order valence-corrected chi connectivity index (χ1v) is 5.98. The van der Waals surface area contributed by atoms with Crippen molar-refractivity contribution < 1.29 is 4.74 Å². The van der Waals surface area contributed by atoms with E-state index in [9.17, 15) is 0 Å². The molecule has 0 unspecified atom stereocenters. The molecule has 3 heteroatoms. The highest BCUT2D eigenvalue weighted by atomic mass is 16.5. The number of nitrogens with zero attached hydrogens (tertiary/aromatic N) is 1. The predicted molar refractivity (Wildman–Crippen MR) is 77.3 cm³/mol. The van der Waals surface area contributed by atoms with Gasteiger partial charge in [-0.05, 0) is 36.4 Å². The highest BCUT2D eigenvalue weighted by molar-refractivity contribution is 5.40. The summed E-state index contributed by atoms with van der Waals surface area (Å²) in [4.78, 5) is 4.29. The van der Waals surface area contributed by atoms with E-state index in [1.807, 2.05) is 45.3 Å². The van der Waals surface area contributed by atoms with E-state index in [0.29, 0.717) is 0 Å². The van der Waals surface area contributed by atoms with E-state index < -0.39 is 0 Å². The molecule has 1 aromatic rings. The monoisotopic (exact) mass is 244 g/mol. The summed E-state index contributed by atoms with van der Waals surface area (Å²) < 4.78 is 5.30. The number of allylic oxidation sites excluding steroid dienone is 2. The van der Waals surface area contributed by atoms with E-state index in [4.69, 9.17) is 4.74 Å². The van der Waals surface area contributed by atoms with Crippen molar-refractivity contribution in [3.05, 3.63) is 47.4 Å². The third kappa shape index (κ3) is 3.77. The molecule has 3 nitrogen and oxygen atoms in total. The quantitative estimate of drug-likeness (QED) is 0.806. The van der Waals surface area contributed by atoms with Crippen LogP contribution in [0.15, 0.2) is 36.9 Å². The molecule has 1 N–H and O–H groups in total. The van der Waals surface area contributed by atoms with Gasteiger partial charge in [0.1, 0.15) is 11.6 Å². The first-order valence-electron chi connectivity index (χ1n) is 5.98. The van der Waals surface area contributed by atoms with Crippen LogP contribution < -0.4 is 15.8 Å². The Morgan fingerprint density at radius 1 is 1.44 bits per heavy atom. The number of ether oxygens (including phenoxy) is 1. The van der Waals surface area contributed by atoms with Crippen LogP contribution in [0.5, 0.6) is 0 Å². The molecular weight excluding hydrogens is 224 g/mol. The molecule has 0 atom stereocenters. The summed E-state index contributed by atoms with van der Waals surface area (Å²) in [6.45, 7) is 7.52. The Balaban J connectivity index is 3.11. The van der Waals surface area contributed by atoms with Crippen LogP contribution >= 0.6 is 0 Å². The van der Waals surface area contributed by atoms with Crippen molar-refractivity contribution in [1.82, 2.24) is 4.98 Å². The van der Waals surface area contributed by atoms with E-state index in [-0.39, 0.29) is 0 Å². The maximum Gasteiger partial charge on any atom is 0.126 e. The molecule has 0 bridgehead atoms. The Labute approximate surface area is 108 Å². The van der Waals surface area contributed by atoms with Gasteiger partial charge in [-0.1, -0.05) is 18.7 Å². The van der Waals surface area contributed by atoms with Crippen molar-refractivity contribution in [2.24, 2.45) is 0 Å². The fourth-order valence-electron chi connectivity index (χ4n) is 1.59. The van der Waals surface area contributed by atoms with Gasteiger partial charge in [0.25, 0.3) is 0 Å². The summed E-state index contributed by atoms with van der Waals surface area (Å²) in [5.41, 5.74) is 0. The van der Waals surface area contributed by atoms with Gasteiger partial charge in [0.2, 0.25) is 0 Å². The van der Waals surface area contributed by atoms with E-state index in [0.717, 1.165) is 28.4 Å². The van der Waals surface area contributed by atoms with Gasteiger partial charge in [0, 0.05) is 19.7 Å². The Morgan fingerprint density at radius 3 is 2.78 bits per heavy atom. The molecule has 0 aromatic carbocycles. The molecule has 0 fully saturated rings. The van der Waals surface area contributed by atoms with Crippen LogP contribution in [0.1, 0.15) is 20.3 Å². The van der Waals surface area contributed by atoms with Gasteiger partial charge in [-0.25, -0.2) is 4.98 Å². The second kappa shape index (κ2) is 7.33. The molecule has 1 heterocycles. The molecule has 0 spiro atoms. The molecule has 0 aliphatic heterocycles. The number of pyridine rings is 1. The van der Waals surface area contributed by atoms with Crippen molar-refractivity contribution in [2.75, 3.05) is 12.4 Å². The number of hydrogen-bond acceptors (Lipinski definition) is 3. The predicted octanol–water partition coefficient (Wildman–Crippen LogP) is 2.16. The normalized spacial score (nSPS) is 13.6. The Kier molecular flexibility index (Phi) is 5.71. The van der Waals surface area contributed by atoms with E-state index in [2.05, 4.69) is 23.0 Å². The van der Waals surface area contributed by atoms with E-state index in [1.54, 1.807) is 0 Å². The van der Waals surface area contributed by atoms with Gasteiger partial charge in [-0.3, -0.25) is 0 Å². The Morgan fingerprint density at radius 2 is 2.22 bits per heavy atom. The minimum Gasteiger partial charge on any atom is -0.470 e. The first kappa shape index (κ1) is 14.0. The average molecular weight is 244 g/mol. The maximum atomic E-state index is 5.30. The smallest absolute Gasteiger partial charge is 0.126 e. The minimum atomic E-state index is 0.733. The van der Waals surface area contributed by atoms with Gasteiger partial charge in [0.05, 0.1) is 6.26 Å². The van der Waals surface area contributed by atoms with E-state index >= 15 is 0 Å². The summed E-state index contributed by atoms with van der Waals surface area (Å²) in [6.07, 6.45) is 10.1. The SMILES string of the molecule is C=CO/C(=C\C)C/C=c1/cc(NC)nc/c1=C/C. The lowest BCUT2D eigenvalue weighted by molar-refractivity contribution is 0.346. The Bertz CT molecular complexity index is 544. The van der Waals surface area contributed by atoms with Gasteiger partial charge >= 0.3 is 0 Å². The zero-order chi connectivity index (χ0) is 13.4. The minimum absolute atomic E-state index is 0.733.